The zero-order valence-corrected chi connectivity index (χ0v) is 40.0. The van der Waals surface area contributed by atoms with Crippen LogP contribution in [0.15, 0.2) is 33.7 Å². The van der Waals surface area contributed by atoms with Crippen molar-refractivity contribution in [2.75, 3.05) is 13.7 Å². The number of carbonyl (C=O) groups is 4. The molecule has 6 N–H and O–H groups in total. The van der Waals surface area contributed by atoms with Crippen molar-refractivity contribution < 1.29 is 52.4 Å². The monoisotopic (exact) mass is 922 g/mol. The molecule has 18 nitrogen and oxygen atoms in total. The second-order valence-corrected chi connectivity index (χ2v) is 23.5. The van der Waals surface area contributed by atoms with Crippen LogP contribution in [-0.4, -0.2) is 109 Å². The van der Waals surface area contributed by atoms with Crippen molar-refractivity contribution in [1.29, 1.82) is 0 Å². The van der Waals surface area contributed by atoms with Crippen molar-refractivity contribution in [2.24, 2.45) is 5.73 Å². The molecule has 64 heavy (non-hydrogen) atoms. The van der Waals surface area contributed by atoms with E-state index >= 15 is 0 Å². The number of unbranched alkanes of at least 4 members (excludes halogenated alkanes) is 12. The molecule has 0 radical (unpaired) electrons. The van der Waals surface area contributed by atoms with Crippen LogP contribution < -0.4 is 27.6 Å². The third-order valence-corrected chi connectivity index (χ3v) is 17.2. The number of aromatic nitrogens is 2. The van der Waals surface area contributed by atoms with E-state index < -0.39 is 98.3 Å². The normalized spacial score (nSPS) is 25.7. The Bertz CT molecular complexity index is 1830. The van der Waals surface area contributed by atoms with E-state index in [1.54, 1.807) is 0 Å². The van der Waals surface area contributed by atoms with E-state index in [0.717, 1.165) is 48.8 Å². The maximum Gasteiger partial charge on any atom is 0.330 e. The number of nitrogens with zero attached hydrogens (tertiary/aromatic N) is 1. The Morgan fingerprint density at radius 1 is 0.969 bits per heavy atom. The molecule has 362 valence electrons. The molecular formula is C45H75N5O13Si. The van der Waals surface area contributed by atoms with Gasteiger partial charge in [-0.25, -0.2) is 4.79 Å². The number of H-pyrrole nitrogens is 1. The van der Waals surface area contributed by atoms with Gasteiger partial charge in [0.15, 0.2) is 38.6 Å². The van der Waals surface area contributed by atoms with Gasteiger partial charge in [0, 0.05) is 38.4 Å². The second kappa shape index (κ2) is 25.1. The van der Waals surface area contributed by atoms with Gasteiger partial charge in [0.05, 0.1) is 0 Å². The minimum atomic E-state index is -2.68. The van der Waals surface area contributed by atoms with Gasteiger partial charge in [0.1, 0.15) is 24.4 Å². The molecule has 4 heterocycles. The third-order valence-electron chi connectivity index (χ3n) is 12.7. The fourth-order valence-electron chi connectivity index (χ4n) is 7.90. The summed E-state index contributed by atoms with van der Waals surface area (Å²) in [6, 6.07) is 0.246. The summed E-state index contributed by atoms with van der Waals surface area (Å²) in [5, 5.41) is 16.7. The largest absolute Gasteiger partial charge is 0.456 e. The van der Waals surface area contributed by atoms with E-state index in [1.165, 1.54) is 64.7 Å². The summed E-state index contributed by atoms with van der Waals surface area (Å²) in [5.74, 6) is -3.37. The number of aliphatic hydroxyl groups excluding tert-OH is 1. The highest BCUT2D eigenvalue weighted by molar-refractivity contribution is 6.74. The molecule has 1 aromatic rings. The highest BCUT2D eigenvalue weighted by Crippen LogP contribution is 2.43. The van der Waals surface area contributed by atoms with Gasteiger partial charge in [-0.2, -0.15) is 0 Å². The van der Waals surface area contributed by atoms with Gasteiger partial charge in [0.2, 0.25) is 18.1 Å². The van der Waals surface area contributed by atoms with Crippen LogP contribution in [0.3, 0.4) is 0 Å². The lowest BCUT2D eigenvalue weighted by molar-refractivity contribution is -0.244. The van der Waals surface area contributed by atoms with Gasteiger partial charge in [0.25, 0.3) is 11.5 Å². The smallest absolute Gasteiger partial charge is 0.330 e. The van der Waals surface area contributed by atoms with Gasteiger partial charge < -0.3 is 49.6 Å². The molecule has 2 fully saturated rings. The Labute approximate surface area is 378 Å². The second-order valence-electron chi connectivity index (χ2n) is 18.8. The Morgan fingerprint density at radius 3 is 2.17 bits per heavy atom. The van der Waals surface area contributed by atoms with Crippen LogP contribution >= 0.6 is 0 Å². The van der Waals surface area contributed by atoms with Crippen LogP contribution in [-0.2, 0) is 47.3 Å². The lowest BCUT2D eigenvalue weighted by Gasteiger charge is -2.40. The first-order valence-electron chi connectivity index (χ1n) is 23.4. The number of aromatic amines is 1. The van der Waals surface area contributed by atoms with Crippen molar-refractivity contribution >= 4 is 32.0 Å². The summed E-state index contributed by atoms with van der Waals surface area (Å²) in [6.45, 7) is 12.7. The summed E-state index contributed by atoms with van der Waals surface area (Å²) >= 11 is 0. The minimum absolute atomic E-state index is 0.0570. The molecule has 19 heteroatoms. The number of esters is 1. The predicted octanol–water partition coefficient (Wildman–Crippen LogP) is 4.49. The first kappa shape index (κ1) is 52.7. The van der Waals surface area contributed by atoms with Crippen molar-refractivity contribution in [3.8, 4) is 0 Å². The summed E-state index contributed by atoms with van der Waals surface area (Å²) in [5.41, 5.74) is 4.51. The lowest BCUT2D eigenvalue weighted by atomic mass is 10.0. The van der Waals surface area contributed by atoms with Crippen molar-refractivity contribution in [3.05, 3.63) is 44.9 Å². The number of hydrogen-bond acceptors (Lipinski definition) is 13. The van der Waals surface area contributed by atoms with E-state index in [0.29, 0.717) is 25.8 Å². The maximum absolute atomic E-state index is 13.7. The highest BCUT2D eigenvalue weighted by atomic mass is 28.4. The Morgan fingerprint density at radius 2 is 1.59 bits per heavy atom. The zero-order chi connectivity index (χ0) is 47.0. The molecule has 0 unspecified atom stereocenters. The van der Waals surface area contributed by atoms with Crippen LogP contribution in [0.2, 0.25) is 18.1 Å². The average molecular weight is 922 g/mol. The number of ether oxygens (including phenoxy) is 5. The Kier molecular flexibility index (Phi) is 20.7. The molecule has 3 aliphatic heterocycles. The van der Waals surface area contributed by atoms with Gasteiger partial charge in [-0.15, -0.1) is 0 Å². The topological polar surface area (TPSA) is 249 Å². The standard InChI is InChI=1S/C45H75N5O13Si/c1-8-9-10-11-12-13-14-15-16-17-18-19-20-24-33(52)59-30-28-31(41(56)48-29-23-21-22-26-47-40(29)55)60-43(34(30)53)62-37(39(46)54)36-35(58-5)38(63-64(6,7)45(2,3)4)42(61-36)50-27-25-32(51)49-44(50)57/h25,27-30,34-38,42-43,53H,8-24,26H2,1-7H3,(H2,46,54)(H,47,55)(H,48,56)(H,49,51,57)/t29-,30-,34-,35+,36-,37+,38+,42+,43+/m0/s1. The number of carbonyl (C=O) groups excluding carboxylic acids is 4. The number of nitrogens with two attached hydrogens (primary N) is 1. The van der Waals surface area contributed by atoms with Gasteiger partial charge >= 0.3 is 11.7 Å². The molecule has 4 rings (SSSR count). The first-order valence-corrected chi connectivity index (χ1v) is 26.3. The number of amides is 3. The van der Waals surface area contributed by atoms with Gasteiger partial charge in [-0.05, 0) is 43.8 Å². The molecule has 0 bridgehead atoms. The SMILES string of the molecule is CCCCCCCCCCCCCCCC(=O)O[C@H]1C=C(C(=O)N[C@H]2CCCCNC2=O)O[C@H](O[C@@H](C(N)=O)[C@H]2O[C@@H](n3ccc(=O)[nH]c3=O)[C@H](O[Si](C)(C)C(C)(C)C)[C@@H]2OC)[C@H]1O. The van der Waals surface area contributed by atoms with Crippen LogP contribution in [0.1, 0.15) is 143 Å². The lowest BCUT2D eigenvalue weighted by Crippen LogP contribution is -2.55. The molecule has 9 atom stereocenters. The number of hydrogen-bond donors (Lipinski definition) is 5. The summed E-state index contributed by atoms with van der Waals surface area (Å²) in [4.78, 5) is 80.5. The molecule has 3 amide bonds. The number of aliphatic hydroxyl groups is 1. The maximum atomic E-state index is 13.7. The molecule has 1 aromatic heterocycles. The Balaban J connectivity index is 1.51. The minimum Gasteiger partial charge on any atom is -0.456 e. The third kappa shape index (κ3) is 15.1. The van der Waals surface area contributed by atoms with Crippen LogP contribution in [0.5, 0.6) is 0 Å². The fourth-order valence-corrected chi connectivity index (χ4v) is 9.19. The summed E-state index contributed by atoms with van der Waals surface area (Å²) in [6.07, 6.45) is 7.20. The molecule has 0 saturated carbocycles. The Hall–Kier alpha value is -3.88. The van der Waals surface area contributed by atoms with Crippen LogP contribution in [0, 0.1) is 0 Å². The van der Waals surface area contributed by atoms with Crippen LogP contribution in [0.25, 0.3) is 0 Å². The fraction of sp³-hybridized carbons (Fsp3) is 0.778. The van der Waals surface area contributed by atoms with Crippen LogP contribution in [0.4, 0.5) is 0 Å². The van der Waals surface area contributed by atoms with Crippen molar-refractivity contribution in [2.45, 2.75) is 210 Å². The van der Waals surface area contributed by atoms with E-state index in [4.69, 9.17) is 33.8 Å². The molecular weight excluding hydrogens is 847 g/mol. The summed E-state index contributed by atoms with van der Waals surface area (Å²) in [7, 11) is -1.32. The quantitative estimate of drug-likeness (QED) is 0.0516. The number of primary amides is 1. The van der Waals surface area contributed by atoms with Gasteiger partial charge in [-0.3, -0.25) is 33.5 Å². The van der Waals surface area contributed by atoms with E-state index in [2.05, 4.69) is 22.5 Å². The predicted molar refractivity (Wildman–Crippen MR) is 240 cm³/mol. The summed E-state index contributed by atoms with van der Waals surface area (Å²) < 4.78 is 37.9. The number of rotatable bonds is 25. The molecule has 2 saturated heterocycles. The molecule has 0 aromatic carbocycles. The number of methoxy groups -OCH3 is 1. The molecule has 0 aliphatic carbocycles. The van der Waals surface area contributed by atoms with E-state index in [9.17, 15) is 33.9 Å². The molecule has 0 spiro atoms. The first-order chi connectivity index (χ1) is 30.4. The van der Waals surface area contributed by atoms with Crippen molar-refractivity contribution in [1.82, 2.24) is 20.2 Å². The van der Waals surface area contributed by atoms with E-state index in [1.807, 2.05) is 33.9 Å². The van der Waals surface area contributed by atoms with Gasteiger partial charge in [-0.1, -0.05) is 105 Å². The average Bonchev–Trinajstić information content (AvgIpc) is 3.44. The zero-order valence-electron chi connectivity index (χ0n) is 39.0. The van der Waals surface area contributed by atoms with Crippen molar-refractivity contribution in [3.63, 3.8) is 0 Å². The highest BCUT2D eigenvalue weighted by Gasteiger charge is 2.56. The molecule has 3 aliphatic rings. The van der Waals surface area contributed by atoms with E-state index in [-0.39, 0.29) is 17.4 Å². The number of nitrogens with one attached hydrogen (secondary N) is 3.